The second-order valence-electron chi connectivity index (χ2n) is 8.40. The lowest BCUT2D eigenvalue weighted by Gasteiger charge is -2.34. The van der Waals surface area contributed by atoms with Gasteiger partial charge in [-0.1, -0.05) is 6.92 Å². The first-order valence-electron chi connectivity index (χ1n) is 10.2. The molecule has 0 bridgehead atoms. The van der Waals surface area contributed by atoms with Crippen molar-refractivity contribution in [3.8, 4) is 0 Å². The number of likely N-dealkylation sites (N-methyl/N-ethyl adjacent to an activating group) is 1. The van der Waals surface area contributed by atoms with Crippen LogP contribution in [0, 0.1) is 5.92 Å². The van der Waals surface area contributed by atoms with Crippen LogP contribution in [0.5, 0.6) is 0 Å². The molecule has 1 amide bonds. The topological polar surface area (TPSA) is 73.0 Å². The van der Waals surface area contributed by atoms with Gasteiger partial charge in [-0.3, -0.25) is 4.79 Å². The van der Waals surface area contributed by atoms with Crippen molar-refractivity contribution in [2.45, 2.75) is 30.6 Å². The van der Waals surface area contributed by atoms with Gasteiger partial charge in [0.15, 0.2) is 0 Å². The Morgan fingerprint density at radius 3 is 2.43 bits per heavy atom. The Bertz CT molecular complexity index is 841. The lowest BCUT2D eigenvalue weighted by Crippen LogP contribution is -2.48. The summed E-state index contributed by atoms with van der Waals surface area (Å²) in [4.78, 5) is 17.5. The second-order valence-corrected chi connectivity index (χ2v) is 10.3. The van der Waals surface area contributed by atoms with Crippen LogP contribution in [0.25, 0.3) is 0 Å². The smallest absolute Gasteiger partial charge is 0.243 e. The van der Waals surface area contributed by atoms with Crippen molar-refractivity contribution in [3.63, 3.8) is 0 Å². The molecule has 1 atom stereocenters. The number of carbonyl (C=O) groups excluding carboxylic acids is 1. The summed E-state index contributed by atoms with van der Waals surface area (Å²) in [6.45, 7) is 7.05. The maximum atomic E-state index is 13.1. The number of rotatable bonds is 3. The van der Waals surface area contributed by atoms with E-state index in [1.165, 1.54) is 0 Å². The third-order valence-electron chi connectivity index (χ3n) is 6.39. The number of nitrogens with zero attached hydrogens (tertiary/aromatic N) is 3. The number of carbonyl (C=O) groups is 1. The summed E-state index contributed by atoms with van der Waals surface area (Å²) >= 11 is 0. The molecule has 3 aliphatic heterocycles. The molecule has 0 saturated carbocycles. The molecule has 7 nitrogen and oxygen atoms in total. The summed E-state index contributed by atoms with van der Waals surface area (Å²) in [7, 11) is -1.45. The molecule has 1 unspecified atom stereocenters. The minimum Gasteiger partial charge on any atom is -0.384 e. The predicted molar refractivity (Wildman–Crippen MR) is 109 cm³/mol. The summed E-state index contributed by atoms with van der Waals surface area (Å²) in [5.41, 5.74) is 1.69. The highest BCUT2D eigenvalue weighted by molar-refractivity contribution is 7.89. The van der Waals surface area contributed by atoms with Crippen LogP contribution in [0.1, 0.15) is 31.2 Å². The molecule has 4 rings (SSSR count). The molecule has 8 heteroatoms. The molecule has 154 valence electrons. The molecule has 1 aromatic carbocycles. The summed E-state index contributed by atoms with van der Waals surface area (Å²) in [5, 5.41) is 3.28. The highest BCUT2D eigenvalue weighted by Crippen LogP contribution is 2.35. The summed E-state index contributed by atoms with van der Waals surface area (Å²) in [5.74, 6) is 0.358. The summed E-state index contributed by atoms with van der Waals surface area (Å²) in [6, 6.07) is 5.20. The van der Waals surface area contributed by atoms with Gasteiger partial charge in [0.1, 0.15) is 0 Å². The zero-order valence-corrected chi connectivity index (χ0v) is 17.5. The second kappa shape index (κ2) is 7.65. The SMILES string of the molecule is CC1CCN(S(=O)(=O)c2ccc3c(c2)C(C(=O)N2CCN(C)CC2)CN3)CC1. The average molecular weight is 407 g/mol. The number of piperidine rings is 1. The van der Waals surface area contributed by atoms with Crippen LogP contribution >= 0.6 is 0 Å². The van der Waals surface area contributed by atoms with Crippen molar-refractivity contribution in [1.29, 1.82) is 0 Å². The first-order valence-corrected chi connectivity index (χ1v) is 11.7. The van der Waals surface area contributed by atoms with E-state index in [4.69, 9.17) is 0 Å². The van der Waals surface area contributed by atoms with Crippen LogP contribution in [-0.4, -0.2) is 81.3 Å². The van der Waals surface area contributed by atoms with Gasteiger partial charge >= 0.3 is 0 Å². The van der Waals surface area contributed by atoms with Crippen molar-refractivity contribution >= 4 is 21.6 Å². The maximum absolute atomic E-state index is 13.1. The van der Waals surface area contributed by atoms with E-state index < -0.39 is 10.0 Å². The quantitative estimate of drug-likeness (QED) is 0.821. The van der Waals surface area contributed by atoms with Gasteiger partial charge in [0.25, 0.3) is 0 Å². The average Bonchev–Trinajstić information content (AvgIpc) is 3.11. The standard InChI is InChI=1S/C20H30N4O3S/c1-15-5-7-24(8-6-15)28(26,27)16-3-4-19-17(13-16)18(14-21-19)20(25)23-11-9-22(2)10-12-23/h3-4,13,15,18,21H,5-12,14H2,1-2H3. The molecular formula is C20H30N4O3S. The lowest BCUT2D eigenvalue weighted by atomic mass is 9.99. The predicted octanol–water partition coefficient (Wildman–Crippen LogP) is 1.39. The molecule has 1 N–H and O–H groups in total. The van der Waals surface area contributed by atoms with E-state index in [0.29, 0.717) is 30.4 Å². The van der Waals surface area contributed by atoms with Crippen LogP contribution in [-0.2, 0) is 14.8 Å². The van der Waals surface area contributed by atoms with E-state index >= 15 is 0 Å². The van der Waals surface area contributed by atoms with Gasteiger partial charge in [-0.15, -0.1) is 0 Å². The first-order chi connectivity index (χ1) is 13.4. The molecule has 1 aromatic rings. The number of anilines is 1. The number of hydrogen-bond acceptors (Lipinski definition) is 5. The normalized spacial score (nSPS) is 24.8. The number of benzene rings is 1. The number of amides is 1. The lowest BCUT2D eigenvalue weighted by molar-refractivity contribution is -0.133. The molecule has 0 aliphatic carbocycles. The van der Waals surface area contributed by atoms with Crippen molar-refractivity contribution < 1.29 is 13.2 Å². The van der Waals surface area contributed by atoms with Gasteiger partial charge < -0.3 is 15.1 Å². The van der Waals surface area contributed by atoms with E-state index in [1.54, 1.807) is 16.4 Å². The van der Waals surface area contributed by atoms with E-state index in [-0.39, 0.29) is 11.8 Å². The third kappa shape index (κ3) is 3.65. The van der Waals surface area contributed by atoms with Crippen LogP contribution in [0.4, 0.5) is 5.69 Å². The monoisotopic (exact) mass is 406 g/mol. The highest BCUT2D eigenvalue weighted by atomic mass is 32.2. The maximum Gasteiger partial charge on any atom is 0.243 e. The number of fused-ring (bicyclic) bond motifs is 1. The Labute approximate surface area is 167 Å². The van der Waals surface area contributed by atoms with Gasteiger partial charge in [-0.2, -0.15) is 4.31 Å². The van der Waals surface area contributed by atoms with Crippen LogP contribution < -0.4 is 5.32 Å². The number of sulfonamides is 1. The fourth-order valence-corrected chi connectivity index (χ4v) is 5.82. The molecule has 0 radical (unpaired) electrons. The third-order valence-corrected chi connectivity index (χ3v) is 8.28. The van der Waals surface area contributed by atoms with Gasteiger partial charge in [0, 0.05) is 51.5 Å². The number of piperazine rings is 1. The molecule has 0 spiro atoms. The zero-order valence-electron chi connectivity index (χ0n) is 16.7. The Morgan fingerprint density at radius 1 is 1.07 bits per heavy atom. The van der Waals surface area contributed by atoms with E-state index in [0.717, 1.165) is 50.3 Å². The largest absolute Gasteiger partial charge is 0.384 e. The van der Waals surface area contributed by atoms with Crippen molar-refractivity contribution in [1.82, 2.24) is 14.1 Å². The molecule has 28 heavy (non-hydrogen) atoms. The van der Waals surface area contributed by atoms with E-state index in [2.05, 4.69) is 24.2 Å². The van der Waals surface area contributed by atoms with E-state index in [9.17, 15) is 13.2 Å². The first kappa shape index (κ1) is 19.7. The van der Waals surface area contributed by atoms with Crippen LogP contribution in [0.3, 0.4) is 0 Å². The Hall–Kier alpha value is -1.64. The molecule has 2 saturated heterocycles. The van der Waals surface area contributed by atoms with Crippen molar-refractivity contribution in [2.75, 3.05) is 58.2 Å². The Balaban J connectivity index is 1.56. The van der Waals surface area contributed by atoms with Gasteiger partial charge in [0.05, 0.1) is 10.8 Å². The summed E-state index contributed by atoms with van der Waals surface area (Å²) < 4.78 is 27.8. The van der Waals surface area contributed by atoms with Crippen LogP contribution in [0.2, 0.25) is 0 Å². The molecule has 3 aliphatic rings. The van der Waals surface area contributed by atoms with Gasteiger partial charge in [-0.05, 0) is 49.6 Å². The van der Waals surface area contributed by atoms with Crippen LogP contribution in [0.15, 0.2) is 23.1 Å². The van der Waals surface area contributed by atoms with Gasteiger partial charge in [-0.25, -0.2) is 8.42 Å². The minimum atomic E-state index is -3.51. The Morgan fingerprint density at radius 2 is 1.75 bits per heavy atom. The fourth-order valence-electron chi connectivity index (χ4n) is 4.31. The molecular weight excluding hydrogens is 376 g/mol. The minimum absolute atomic E-state index is 0.0979. The fraction of sp³-hybridized carbons (Fsp3) is 0.650. The zero-order chi connectivity index (χ0) is 19.9. The van der Waals surface area contributed by atoms with Gasteiger partial charge in [0.2, 0.25) is 15.9 Å². The molecule has 0 aromatic heterocycles. The van der Waals surface area contributed by atoms with E-state index in [1.807, 2.05) is 11.0 Å². The summed E-state index contributed by atoms with van der Waals surface area (Å²) in [6.07, 6.45) is 1.80. The number of nitrogens with one attached hydrogen (secondary N) is 1. The van der Waals surface area contributed by atoms with Crippen molar-refractivity contribution in [2.24, 2.45) is 5.92 Å². The van der Waals surface area contributed by atoms with Crippen molar-refractivity contribution in [3.05, 3.63) is 23.8 Å². The Kier molecular flexibility index (Phi) is 5.37. The molecule has 3 heterocycles. The highest BCUT2D eigenvalue weighted by Gasteiger charge is 2.35. The molecule has 2 fully saturated rings. The number of hydrogen-bond donors (Lipinski definition) is 1.